The molecule has 0 saturated carbocycles. The van der Waals surface area contributed by atoms with Gasteiger partial charge in [-0.15, -0.1) is 0 Å². The van der Waals surface area contributed by atoms with E-state index in [0.717, 1.165) is 17.7 Å². The molecular formula is C29H29F5N2O4. The summed E-state index contributed by atoms with van der Waals surface area (Å²) in [6.45, 7) is 1.78. The maximum absolute atomic E-state index is 14.6. The highest BCUT2D eigenvalue weighted by atomic mass is 19.4. The molecule has 214 valence electrons. The van der Waals surface area contributed by atoms with Gasteiger partial charge in [0.15, 0.2) is 0 Å². The van der Waals surface area contributed by atoms with Gasteiger partial charge in [0.1, 0.15) is 11.5 Å². The van der Waals surface area contributed by atoms with Crippen LogP contribution >= 0.6 is 0 Å². The van der Waals surface area contributed by atoms with Crippen molar-refractivity contribution in [2.45, 2.75) is 38.0 Å². The molecule has 0 aliphatic carbocycles. The third-order valence-corrected chi connectivity index (χ3v) is 5.72. The average Bonchev–Trinajstić information content (AvgIpc) is 2.89. The number of anilines is 2. The van der Waals surface area contributed by atoms with Crippen molar-refractivity contribution in [3.8, 4) is 11.5 Å². The predicted octanol–water partition coefficient (Wildman–Crippen LogP) is 7.06. The maximum atomic E-state index is 14.6. The van der Waals surface area contributed by atoms with Crippen molar-refractivity contribution in [3.63, 3.8) is 0 Å². The molecule has 0 saturated heterocycles. The van der Waals surface area contributed by atoms with Crippen LogP contribution in [0.2, 0.25) is 0 Å². The minimum absolute atomic E-state index is 0.0882. The van der Waals surface area contributed by atoms with Gasteiger partial charge >= 0.3 is 18.3 Å². The Kier molecular flexibility index (Phi) is 9.98. The highest BCUT2D eigenvalue weighted by Gasteiger charge is 2.34. The van der Waals surface area contributed by atoms with E-state index in [-0.39, 0.29) is 37.1 Å². The lowest BCUT2D eigenvalue weighted by Gasteiger charge is -2.18. The molecule has 0 fully saturated rings. The van der Waals surface area contributed by atoms with Crippen molar-refractivity contribution >= 4 is 23.4 Å². The molecule has 0 spiro atoms. The third-order valence-electron chi connectivity index (χ3n) is 5.72. The first-order chi connectivity index (χ1) is 18.8. The first-order valence-electron chi connectivity index (χ1n) is 12.3. The zero-order valence-corrected chi connectivity index (χ0v) is 21.6. The summed E-state index contributed by atoms with van der Waals surface area (Å²) >= 11 is 0. The number of rotatable bonds is 12. The van der Waals surface area contributed by atoms with E-state index in [1.54, 1.807) is 18.2 Å². The Balaban J connectivity index is 1.49. The molecule has 3 aromatic rings. The highest BCUT2D eigenvalue weighted by molar-refractivity contribution is 5.87. The van der Waals surface area contributed by atoms with E-state index < -0.39 is 30.2 Å². The molecule has 4 N–H and O–H groups in total. The van der Waals surface area contributed by atoms with E-state index in [9.17, 15) is 26.7 Å². The molecule has 0 aliphatic rings. The summed E-state index contributed by atoms with van der Waals surface area (Å²) in [6.07, 6.45) is -6.50. The number of nitrogens with two attached hydrogens (primary N) is 2. The summed E-state index contributed by atoms with van der Waals surface area (Å²) in [5, 5.41) is 0. The summed E-state index contributed by atoms with van der Waals surface area (Å²) < 4.78 is 81.1. The SMILES string of the molecule is CC(COC(=O)/C=C/c1ccc(C(F)(F)Oc2ccc(OCCCC(F)(F)F)cc2)cc1)c1ccc(N)cc1N. The minimum atomic E-state index is -4.26. The van der Waals surface area contributed by atoms with Gasteiger partial charge in [-0.05, 0) is 72.2 Å². The number of alkyl halides is 5. The number of carbonyl (C=O) groups is 1. The number of nitrogen functional groups attached to an aromatic ring is 2. The second-order valence-corrected chi connectivity index (χ2v) is 9.03. The molecule has 6 nitrogen and oxygen atoms in total. The fourth-order valence-corrected chi connectivity index (χ4v) is 3.61. The zero-order chi connectivity index (χ0) is 29.3. The average molecular weight is 565 g/mol. The summed E-state index contributed by atoms with van der Waals surface area (Å²) in [4.78, 5) is 12.1. The van der Waals surface area contributed by atoms with Crippen LogP contribution in [-0.4, -0.2) is 25.4 Å². The van der Waals surface area contributed by atoms with Gasteiger partial charge in [0.25, 0.3) is 0 Å². The molecule has 0 radical (unpaired) electrons. The van der Waals surface area contributed by atoms with Crippen LogP contribution in [0.5, 0.6) is 11.5 Å². The lowest BCUT2D eigenvalue weighted by atomic mass is 10.00. The summed E-state index contributed by atoms with van der Waals surface area (Å²) in [5.41, 5.74) is 13.5. The fourth-order valence-electron chi connectivity index (χ4n) is 3.61. The van der Waals surface area contributed by atoms with Gasteiger partial charge < -0.3 is 25.7 Å². The number of carbonyl (C=O) groups excluding carboxylic acids is 1. The van der Waals surface area contributed by atoms with Crippen molar-refractivity contribution in [2.75, 3.05) is 24.7 Å². The van der Waals surface area contributed by atoms with E-state index in [4.69, 9.17) is 25.7 Å². The molecule has 0 aromatic heterocycles. The number of halogens is 5. The highest BCUT2D eigenvalue weighted by Crippen LogP contribution is 2.33. The van der Waals surface area contributed by atoms with Gasteiger partial charge in [-0.1, -0.05) is 25.1 Å². The smallest absolute Gasteiger partial charge is 0.426 e. The maximum Gasteiger partial charge on any atom is 0.426 e. The molecule has 40 heavy (non-hydrogen) atoms. The van der Waals surface area contributed by atoms with Gasteiger partial charge in [-0.2, -0.15) is 22.0 Å². The molecule has 0 bridgehead atoms. The zero-order valence-electron chi connectivity index (χ0n) is 21.6. The molecule has 11 heteroatoms. The van der Waals surface area contributed by atoms with E-state index >= 15 is 0 Å². The fraction of sp³-hybridized carbons (Fsp3) is 0.276. The van der Waals surface area contributed by atoms with Crippen LogP contribution in [0.4, 0.5) is 33.3 Å². The van der Waals surface area contributed by atoms with Crippen LogP contribution in [0.3, 0.4) is 0 Å². The Bertz CT molecular complexity index is 1290. The predicted molar refractivity (Wildman–Crippen MR) is 142 cm³/mol. The third kappa shape index (κ3) is 9.48. The number of hydrogen-bond acceptors (Lipinski definition) is 6. The van der Waals surface area contributed by atoms with Crippen LogP contribution in [-0.2, 0) is 15.6 Å². The van der Waals surface area contributed by atoms with Crippen molar-refractivity contribution in [2.24, 2.45) is 0 Å². The Morgan fingerprint density at radius 1 is 0.925 bits per heavy atom. The van der Waals surface area contributed by atoms with Gasteiger partial charge in [-0.25, -0.2) is 4.79 Å². The minimum Gasteiger partial charge on any atom is -0.494 e. The molecule has 0 heterocycles. The van der Waals surface area contributed by atoms with Gasteiger partial charge in [-0.3, -0.25) is 0 Å². The van der Waals surface area contributed by atoms with Gasteiger partial charge in [0, 0.05) is 29.8 Å². The molecule has 0 amide bonds. The van der Waals surface area contributed by atoms with Crippen LogP contribution in [0.1, 0.15) is 42.4 Å². The van der Waals surface area contributed by atoms with Crippen molar-refractivity contribution < 1.29 is 41.0 Å². The van der Waals surface area contributed by atoms with Crippen molar-refractivity contribution in [3.05, 3.63) is 89.5 Å². The van der Waals surface area contributed by atoms with Crippen molar-refractivity contribution in [1.29, 1.82) is 0 Å². The normalized spacial score (nSPS) is 12.8. The van der Waals surface area contributed by atoms with Crippen LogP contribution < -0.4 is 20.9 Å². The molecule has 1 unspecified atom stereocenters. The number of esters is 1. The standard InChI is InChI=1S/C29H29F5N2O4/c1-19(25-13-8-22(35)17-26(25)36)18-39-27(37)14-5-20-3-6-21(7-4-20)29(33,34)40-24-11-9-23(10-12-24)38-16-2-15-28(30,31)32/h3-14,17,19H,2,15-16,18,35-36H2,1H3/b14-5+. The molecule has 3 aromatic carbocycles. The molecule has 0 aliphatic heterocycles. The molecule has 1 atom stereocenters. The Hall–Kier alpha value is -4.28. The van der Waals surface area contributed by atoms with Crippen LogP contribution in [0, 0.1) is 0 Å². The van der Waals surface area contributed by atoms with Crippen LogP contribution in [0.15, 0.2) is 72.8 Å². The first kappa shape index (κ1) is 30.3. The lowest BCUT2D eigenvalue weighted by molar-refractivity contribution is -0.185. The monoisotopic (exact) mass is 564 g/mol. The number of benzene rings is 3. The van der Waals surface area contributed by atoms with Gasteiger partial charge in [0.05, 0.1) is 18.8 Å². The van der Waals surface area contributed by atoms with E-state index in [1.807, 2.05) is 6.92 Å². The van der Waals surface area contributed by atoms with E-state index in [1.165, 1.54) is 48.6 Å². The largest absolute Gasteiger partial charge is 0.494 e. The quantitative estimate of drug-likeness (QED) is 0.0804. The Labute approximate surface area is 228 Å². The second-order valence-electron chi connectivity index (χ2n) is 9.03. The summed E-state index contributed by atoms with van der Waals surface area (Å²) in [7, 11) is 0. The van der Waals surface area contributed by atoms with Gasteiger partial charge in [0.2, 0.25) is 0 Å². The second kappa shape index (κ2) is 13.2. The molecular weight excluding hydrogens is 535 g/mol. The number of ether oxygens (including phenoxy) is 3. The topological polar surface area (TPSA) is 96.8 Å². The van der Waals surface area contributed by atoms with Crippen LogP contribution in [0.25, 0.3) is 6.08 Å². The molecule has 3 rings (SSSR count). The Morgan fingerprint density at radius 2 is 1.57 bits per heavy atom. The summed E-state index contributed by atoms with van der Waals surface area (Å²) in [5.74, 6) is -0.691. The first-order valence-corrected chi connectivity index (χ1v) is 12.3. The summed E-state index contributed by atoms with van der Waals surface area (Å²) in [6, 6.07) is 15.4. The number of hydrogen-bond donors (Lipinski definition) is 2. The Morgan fingerprint density at radius 3 is 2.20 bits per heavy atom. The van der Waals surface area contributed by atoms with E-state index in [2.05, 4.69) is 0 Å². The van der Waals surface area contributed by atoms with Crippen molar-refractivity contribution in [1.82, 2.24) is 0 Å². The van der Waals surface area contributed by atoms with E-state index in [0.29, 0.717) is 16.9 Å². The lowest BCUT2D eigenvalue weighted by Crippen LogP contribution is -2.21.